The topological polar surface area (TPSA) is 104 Å². The van der Waals surface area contributed by atoms with Crippen LogP contribution in [0.5, 0.6) is 0 Å². The van der Waals surface area contributed by atoms with Crippen LogP contribution in [0.4, 0.5) is 0 Å². The molecule has 2 atom stereocenters. The van der Waals surface area contributed by atoms with Crippen LogP contribution in [0, 0.1) is 0 Å². The molecule has 0 saturated carbocycles. The van der Waals surface area contributed by atoms with Crippen molar-refractivity contribution in [2.45, 2.75) is 225 Å². The van der Waals surface area contributed by atoms with E-state index in [1.54, 1.807) is 6.08 Å². The molecule has 0 aliphatic heterocycles. The van der Waals surface area contributed by atoms with Gasteiger partial charge in [0.15, 0.2) is 0 Å². The van der Waals surface area contributed by atoms with Gasteiger partial charge in [-0.3, -0.25) is 9.35 Å². The summed E-state index contributed by atoms with van der Waals surface area (Å²) in [6, 6.07) is -1.08. The van der Waals surface area contributed by atoms with Crippen molar-refractivity contribution in [3.63, 3.8) is 0 Å². The van der Waals surface area contributed by atoms with E-state index in [-0.39, 0.29) is 12.3 Å². The van der Waals surface area contributed by atoms with Gasteiger partial charge in [0, 0.05) is 6.42 Å². The summed E-state index contributed by atoms with van der Waals surface area (Å²) < 4.78 is 32.6. The molecule has 0 rings (SSSR count). The smallest absolute Gasteiger partial charge is 0.267 e. The van der Waals surface area contributed by atoms with E-state index in [9.17, 15) is 22.9 Å². The predicted octanol–water partition coefficient (Wildman–Crippen LogP) is 14.7. The summed E-state index contributed by atoms with van der Waals surface area (Å²) >= 11 is 0. The summed E-state index contributed by atoms with van der Waals surface area (Å²) in [6.07, 6.45) is 64.3. The number of amides is 1. The van der Waals surface area contributed by atoms with Crippen LogP contribution < -0.4 is 5.32 Å². The first kappa shape index (κ1) is 55.5. The van der Waals surface area contributed by atoms with E-state index >= 15 is 0 Å². The first-order chi connectivity index (χ1) is 28.3. The number of hydrogen-bond donors (Lipinski definition) is 3. The van der Waals surface area contributed by atoms with Crippen molar-refractivity contribution < 1.29 is 22.9 Å². The van der Waals surface area contributed by atoms with E-state index in [4.69, 9.17) is 0 Å². The van der Waals surface area contributed by atoms with E-state index < -0.39 is 28.0 Å². The summed E-state index contributed by atoms with van der Waals surface area (Å²) in [5.41, 5.74) is 0. The maximum absolute atomic E-state index is 12.6. The first-order valence-electron chi connectivity index (χ1n) is 23.8. The largest absolute Gasteiger partial charge is 0.387 e. The number of allylic oxidation sites excluding steroid dienone is 13. The van der Waals surface area contributed by atoms with E-state index in [0.29, 0.717) is 6.42 Å². The Labute approximate surface area is 358 Å². The first-order valence-corrected chi connectivity index (χ1v) is 25.4. The minimum absolute atomic E-state index is 0.262. The minimum atomic E-state index is -4.36. The summed E-state index contributed by atoms with van der Waals surface area (Å²) in [7, 11) is -4.36. The summed E-state index contributed by atoms with van der Waals surface area (Å²) in [5.74, 6) is -1.02. The molecule has 7 heteroatoms. The van der Waals surface area contributed by atoms with Crippen molar-refractivity contribution in [2.75, 3.05) is 5.75 Å². The number of hydrogen-bond acceptors (Lipinski definition) is 4. The zero-order valence-electron chi connectivity index (χ0n) is 37.4. The normalized spacial score (nSPS) is 13.9. The third-order valence-electron chi connectivity index (χ3n) is 10.3. The van der Waals surface area contributed by atoms with E-state index in [2.05, 4.69) is 92.1 Å². The number of nitrogens with one attached hydrogen (secondary N) is 1. The second kappa shape index (κ2) is 44.1. The maximum Gasteiger partial charge on any atom is 0.267 e. The van der Waals surface area contributed by atoms with Gasteiger partial charge in [-0.05, 0) is 70.6 Å². The monoisotopic (exact) mass is 828 g/mol. The zero-order chi connectivity index (χ0) is 42.5. The average Bonchev–Trinajstić information content (AvgIpc) is 3.19. The van der Waals surface area contributed by atoms with Gasteiger partial charge in [0.25, 0.3) is 10.1 Å². The van der Waals surface area contributed by atoms with Crippen molar-refractivity contribution in [2.24, 2.45) is 0 Å². The molecule has 0 aliphatic carbocycles. The van der Waals surface area contributed by atoms with Gasteiger partial charge in [0.05, 0.1) is 17.9 Å². The number of aliphatic hydroxyl groups is 1. The molecule has 0 heterocycles. The van der Waals surface area contributed by atoms with E-state index in [1.165, 1.54) is 103 Å². The van der Waals surface area contributed by atoms with Crippen molar-refractivity contribution in [1.82, 2.24) is 5.32 Å². The van der Waals surface area contributed by atoms with Crippen LogP contribution >= 0.6 is 0 Å². The second-order valence-corrected chi connectivity index (χ2v) is 17.5. The molecule has 1 amide bonds. The molecule has 0 aliphatic rings. The molecule has 58 heavy (non-hydrogen) atoms. The Morgan fingerprint density at radius 1 is 0.483 bits per heavy atom. The highest BCUT2D eigenvalue weighted by Crippen LogP contribution is 2.15. The second-order valence-electron chi connectivity index (χ2n) is 16.0. The molecule has 334 valence electrons. The Bertz CT molecular complexity index is 1230. The Hall–Kier alpha value is -2.48. The van der Waals surface area contributed by atoms with Crippen LogP contribution in [0.2, 0.25) is 0 Å². The standard InChI is InChI=1S/C51H89NO5S/c1-3-5-7-9-11-13-15-17-19-21-23-25-26-27-29-31-33-35-37-39-41-43-45-47-51(54)52-49(48-58(55,56)57)50(53)46-44-42-40-38-36-34-32-30-28-24-22-20-18-16-14-12-10-8-6-4-2/h5,7,11,13,17,19,23,25,27,29,33,35,44,46,49-50,53H,3-4,6,8-10,12,14-16,18,20-22,24,26,28,30-32,34,36-43,45,47-48H2,1-2H3,(H,52,54)(H,55,56,57)/b7-5-,13-11-,19-17-,25-23-,29-27-,35-33-,46-44+. The summed E-state index contributed by atoms with van der Waals surface area (Å²) in [5, 5.41) is 13.3. The Morgan fingerprint density at radius 2 is 0.828 bits per heavy atom. The summed E-state index contributed by atoms with van der Waals surface area (Å²) in [4.78, 5) is 12.6. The Kier molecular flexibility index (Phi) is 42.2. The van der Waals surface area contributed by atoms with Crippen molar-refractivity contribution >= 4 is 16.0 Å². The van der Waals surface area contributed by atoms with Crippen LogP contribution in [0.1, 0.15) is 213 Å². The van der Waals surface area contributed by atoms with Crippen LogP contribution in [-0.4, -0.2) is 41.9 Å². The quantitative estimate of drug-likeness (QED) is 0.0323. The van der Waals surface area contributed by atoms with Crippen LogP contribution in [-0.2, 0) is 14.9 Å². The molecule has 0 spiro atoms. The number of unbranched alkanes of at least 4 members (excludes halogenated alkanes) is 22. The van der Waals surface area contributed by atoms with Crippen LogP contribution in [0.15, 0.2) is 85.1 Å². The van der Waals surface area contributed by atoms with Crippen molar-refractivity contribution in [1.29, 1.82) is 0 Å². The molecule has 2 unspecified atom stereocenters. The van der Waals surface area contributed by atoms with Gasteiger partial charge in [-0.2, -0.15) is 8.42 Å². The third kappa shape index (κ3) is 44.6. The molecule has 0 fully saturated rings. The van der Waals surface area contributed by atoms with E-state index in [0.717, 1.165) is 83.5 Å². The molecule has 6 nitrogen and oxygen atoms in total. The van der Waals surface area contributed by atoms with Crippen LogP contribution in [0.25, 0.3) is 0 Å². The fraction of sp³-hybridized carbons (Fsp3) is 0.706. The third-order valence-corrected chi connectivity index (χ3v) is 11.1. The number of rotatable bonds is 42. The van der Waals surface area contributed by atoms with Gasteiger partial charge >= 0.3 is 0 Å². The lowest BCUT2D eigenvalue weighted by Crippen LogP contribution is -2.46. The summed E-state index contributed by atoms with van der Waals surface area (Å²) in [6.45, 7) is 4.43. The SMILES string of the molecule is CC/C=C\C/C=C\C/C=C\C/C=C\C/C=C\C/C=C\CCCCCCC(=O)NC(CS(=O)(=O)O)C(O)/C=C/CCCCCCCCCCCCCCCCCCCC. The molecule has 0 aromatic rings. The molecular weight excluding hydrogens is 739 g/mol. The highest BCUT2D eigenvalue weighted by molar-refractivity contribution is 7.85. The fourth-order valence-electron chi connectivity index (χ4n) is 6.81. The lowest BCUT2D eigenvalue weighted by Gasteiger charge is -2.21. The van der Waals surface area contributed by atoms with Gasteiger partial charge in [-0.1, -0.05) is 221 Å². The highest BCUT2D eigenvalue weighted by atomic mass is 32.2. The molecular formula is C51H89NO5S. The van der Waals surface area contributed by atoms with Gasteiger partial charge in [0.1, 0.15) is 0 Å². The lowest BCUT2D eigenvalue weighted by molar-refractivity contribution is -0.122. The molecule has 3 N–H and O–H groups in total. The maximum atomic E-state index is 12.6. The molecule has 0 aromatic heterocycles. The van der Waals surface area contributed by atoms with E-state index in [1.807, 2.05) is 6.08 Å². The number of carbonyl (C=O) groups is 1. The predicted molar refractivity (Wildman–Crippen MR) is 253 cm³/mol. The Morgan fingerprint density at radius 3 is 1.22 bits per heavy atom. The number of aliphatic hydroxyl groups excluding tert-OH is 1. The average molecular weight is 828 g/mol. The van der Waals surface area contributed by atoms with Gasteiger partial charge in [-0.15, -0.1) is 0 Å². The molecule has 0 bridgehead atoms. The zero-order valence-corrected chi connectivity index (χ0v) is 38.2. The minimum Gasteiger partial charge on any atom is -0.387 e. The van der Waals surface area contributed by atoms with Crippen LogP contribution in [0.3, 0.4) is 0 Å². The lowest BCUT2D eigenvalue weighted by atomic mass is 10.0. The molecule has 0 saturated heterocycles. The molecule has 0 aromatic carbocycles. The molecule has 0 radical (unpaired) electrons. The van der Waals surface area contributed by atoms with Gasteiger partial charge in [-0.25, -0.2) is 0 Å². The van der Waals surface area contributed by atoms with Gasteiger partial charge in [0.2, 0.25) is 5.91 Å². The Balaban J connectivity index is 3.94. The van der Waals surface area contributed by atoms with Gasteiger partial charge < -0.3 is 10.4 Å². The number of carbonyl (C=O) groups excluding carboxylic acids is 1. The fourth-order valence-corrected chi connectivity index (χ4v) is 7.54. The van der Waals surface area contributed by atoms with Crippen molar-refractivity contribution in [3.05, 3.63) is 85.1 Å². The van der Waals surface area contributed by atoms with Crippen molar-refractivity contribution in [3.8, 4) is 0 Å². The highest BCUT2D eigenvalue weighted by Gasteiger charge is 2.24.